The first-order chi connectivity index (χ1) is 15.4. The van der Waals surface area contributed by atoms with Gasteiger partial charge in [-0.15, -0.1) is 5.10 Å². The highest BCUT2D eigenvalue weighted by molar-refractivity contribution is 6.29. The molecule has 2 aliphatic rings. The van der Waals surface area contributed by atoms with E-state index in [1.807, 2.05) is 36.2 Å². The van der Waals surface area contributed by atoms with Gasteiger partial charge < -0.3 is 19.7 Å². The first-order valence-electron chi connectivity index (χ1n) is 10.5. The van der Waals surface area contributed by atoms with E-state index in [9.17, 15) is 9.18 Å². The molecule has 3 unspecified atom stereocenters. The molecule has 3 atom stereocenters. The van der Waals surface area contributed by atoms with Crippen molar-refractivity contribution in [2.24, 2.45) is 5.92 Å². The molecule has 8 nitrogen and oxygen atoms in total. The number of nitrogens with zero attached hydrogens (tertiary/aromatic N) is 4. The number of carbonyl (C=O) groups is 1. The van der Waals surface area contributed by atoms with Crippen LogP contribution in [0.5, 0.6) is 5.75 Å². The lowest BCUT2D eigenvalue weighted by Gasteiger charge is -2.39. The Bertz CT molecular complexity index is 1170. The molecule has 2 fully saturated rings. The minimum absolute atomic E-state index is 0.00610. The standard InChI is InChI=1S/C22H23ClFN5O3/c1-28(11-12-3-5-14(31-2)6-4-12)17-10-16(23)26-21-18(20(24)27-29(17)21)22(30)25-15-9-13-7-8-32-19(13)15/h3-6,10,13,15,19H,7-9,11H2,1-2H3,(H,25,30). The van der Waals surface area contributed by atoms with E-state index < -0.39 is 11.9 Å². The van der Waals surface area contributed by atoms with Gasteiger partial charge in [-0.05, 0) is 36.5 Å². The number of halogens is 2. The summed E-state index contributed by atoms with van der Waals surface area (Å²) in [6.07, 6.45) is 1.84. The van der Waals surface area contributed by atoms with E-state index in [1.165, 1.54) is 4.52 Å². The van der Waals surface area contributed by atoms with Gasteiger partial charge in [0.05, 0.1) is 19.3 Å². The molecule has 1 aromatic carbocycles. The van der Waals surface area contributed by atoms with Crippen molar-refractivity contribution in [3.63, 3.8) is 0 Å². The maximum absolute atomic E-state index is 14.8. The minimum atomic E-state index is -0.889. The predicted octanol–water partition coefficient (Wildman–Crippen LogP) is 3.07. The Hall–Kier alpha value is -2.91. The van der Waals surface area contributed by atoms with Crippen molar-refractivity contribution in [2.45, 2.75) is 31.5 Å². The molecule has 10 heteroatoms. The summed E-state index contributed by atoms with van der Waals surface area (Å²) in [7, 11) is 3.45. The number of rotatable bonds is 6. The smallest absolute Gasteiger partial charge is 0.260 e. The number of benzene rings is 1. The van der Waals surface area contributed by atoms with Crippen LogP contribution < -0.4 is 15.0 Å². The van der Waals surface area contributed by atoms with E-state index in [0.29, 0.717) is 24.9 Å². The molecule has 2 aromatic heterocycles. The van der Waals surface area contributed by atoms with Crippen molar-refractivity contribution in [2.75, 3.05) is 25.7 Å². The quantitative estimate of drug-likeness (QED) is 0.570. The number of hydrogen-bond acceptors (Lipinski definition) is 6. The Morgan fingerprint density at radius 1 is 1.41 bits per heavy atom. The fourth-order valence-electron chi connectivity index (χ4n) is 4.50. The van der Waals surface area contributed by atoms with E-state index >= 15 is 0 Å². The maximum atomic E-state index is 14.8. The van der Waals surface area contributed by atoms with Crippen molar-refractivity contribution in [3.05, 3.63) is 52.6 Å². The molecule has 3 aromatic rings. The third-order valence-electron chi connectivity index (χ3n) is 6.23. The second-order valence-corrected chi connectivity index (χ2v) is 8.63. The van der Waals surface area contributed by atoms with E-state index in [0.717, 1.165) is 24.2 Å². The molecule has 0 bridgehead atoms. The van der Waals surface area contributed by atoms with Crippen LogP contribution in [0.25, 0.3) is 5.65 Å². The van der Waals surface area contributed by atoms with Gasteiger partial charge in [0, 0.05) is 26.3 Å². The zero-order valence-corrected chi connectivity index (χ0v) is 18.5. The van der Waals surface area contributed by atoms with Crippen molar-refractivity contribution in [3.8, 4) is 5.75 Å². The number of anilines is 1. The summed E-state index contributed by atoms with van der Waals surface area (Å²) in [5.74, 6) is 0.294. The monoisotopic (exact) mass is 459 g/mol. The van der Waals surface area contributed by atoms with E-state index in [1.54, 1.807) is 13.2 Å². The number of carbonyl (C=O) groups excluding carboxylic acids is 1. The molecular weight excluding hydrogens is 437 g/mol. The Morgan fingerprint density at radius 3 is 2.91 bits per heavy atom. The van der Waals surface area contributed by atoms with Crippen LogP contribution in [0.4, 0.5) is 10.2 Å². The molecule has 0 spiro atoms. The van der Waals surface area contributed by atoms with E-state index in [-0.39, 0.29) is 28.5 Å². The highest BCUT2D eigenvalue weighted by Crippen LogP contribution is 2.38. The van der Waals surface area contributed by atoms with Crippen LogP contribution in [0.1, 0.15) is 28.8 Å². The largest absolute Gasteiger partial charge is 0.497 e. The lowest BCUT2D eigenvalue weighted by atomic mass is 9.77. The number of hydrogen-bond donors (Lipinski definition) is 1. The first kappa shape index (κ1) is 21.0. The van der Waals surface area contributed by atoms with Crippen molar-refractivity contribution < 1.29 is 18.7 Å². The normalized spacial score (nSPS) is 21.8. The minimum Gasteiger partial charge on any atom is -0.497 e. The second-order valence-electron chi connectivity index (χ2n) is 8.24. The molecule has 1 aliphatic heterocycles. The van der Waals surface area contributed by atoms with Crippen LogP contribution in [0, 0.1) is 11.9 Å². The van der Waals surface area contributed by atoms with Crippen molar-refractivity contribution in [1.29, 1.82) is 0 Å². The molecule has 168 valence electrons. The van der Waals surface area contributed by atoms with Gasteiger partial charge in [0.1, 0.15) is 22.3 Å². The predicted molar refractivity (Wildman–Crippen MR) is 117 cm³/mol. The van der Waals surface area contributed by atoms with Crippen LogP contribution in [-0.4, -0.2) is 53.4 Å². The molecule has 0 radical (unpaired) electrons. The summed E-state index contributed by atoms with van der Waals surface area (Å²) in [5, 5.41) is 6.98. The summed E-state index contributed by atoms with van der Waals surface area (Å²) in [6, 6.07) is 9.08. The molecule has 1 aliphatic carbocycles. The second kappa shape index (κ2) is 8.22. The summed E-state index contributed by atoms with van der Waals surface area (Å²) < 4.78 is 27.0. The van der Waals surface area contributed by atoms with Crippen molar-refractivity contribution >= 4 is 29.0 Å². The van der Waals surface area contributed by atoms with Crippen LogP contribution in [0.3, 0.4) is 0 Å². The van der Waals surface area contributed by atoms with Crippen LogP contribution in [0.2, 0.25) is 5.15 Å². The van der Waals surface area contributed by atoms with E-state index in [2.05, 4.69) is 15.4 Å². The number of fused-ring (bicyclic) bond motifs is 2. The van der Waals surface area contributed by atoms with Gasteiger partial charge in [0.2, 0.25) is 5.95 Å². The topological polar surface area (TPSA) is 81.0 Å². The molecular formula is C22H23ClFN5O3. The van der Waals surface area contributed by atoms with Gasteiger partial charge >= 0.3 is 0 Å². The van der Waals surface area contributed by atoms with Crippen LogP contribution >= 0.6 is 11.6 Å². The third kappa shape index (κ3) is 3.65. The Labute approximate surface area is 189 Å². The molecule has 3 heterocycles. The SMILES string of the molecule is COc1ccc(CN(C)c2cc(Cl)nc3c(C(=O)NC4CC5CCOC54)c(F)nn23)cc1. The maximum Gasteiger partial charge on any atom is 0.260 e. The third-order valence-corrected chi connectivity index (χ3v) is 6.42. The molecule has 1 amide bonds. The van der Waals surface area contributed by atoms with Crippen molar-refractivity contribution in [1.82, 2.24) is 19.9 Å². The molecule has 1 N–H and O–H groups in total. The van der Waals surface area contributed by atoms with Gasteiger partial charge in [0.25, 0.3) is 5.91 Å². The number of amides is 1. The lowest BCUT2D eigenvalue weighted by molar-refractivity contribution is -0.000613. The Balaban J connectivity index is 1.42. The summed E-state index contributed by atoms with van der Waals surface area (Å²) in [6.45, 7) is 1.21. The van der Waals surface area contributed by atoms with Gasteiger partial charge in [-0.3, -0.25) is 4.79 Å². The highest BCUT2D eigenvalue weighted by Gasteiger charge is 2.46. The Kier molecular flexibility index (Phi) is 5.38. The molecule has 1 saturated carbocycles. The summed E-state index contributed by atoms with van der Waals surface area (Å²) in [5.41, 5.74) is 0.872. The summed E-state index contributed by atoms with van der Waals surface area (Å²) in [4.78, 5) is 19.0. The highest BCUT2D eigenvalue weighted by atomic mass is 35.5. The first-order valence-corrected chi connectivity index (χ1v) is 10.8. The number of nitrogens with one attached hydrogen (secondary N) is 1. The van der Waals surface area contributed by atoms with Gasteiger partial charge in [-0.25, -0.2) is 4.98 Å². The van der Waals surface area contributed by atoms with Gasteiger partial charge in [-0.2, -0.15) is 8.91 Å². The summed E-state index contributed by atoms with van der Waals surface area (Å²) >= 11 is 6.24. The lowest BCUT2D eigenvalue weighted by Crippen LogP contribution is -2.54. The average Bonchev–Trinajstić information content (AvgIpc) is 3.30. The van der Waals surface area contributed by atoms with E-state index in [4.69, 9.17) is 21.1 Å². The zero-order chi connectivity index (χ0) is 22.4. The Morgan fingerprint density at radius 2 is 2.19 bits per heavy atom. The number of methoxy groups -OCH3 is 1. The average molecular weight is 460 g/mol. The fraction of sp³-hybridized carbons (Fsp3) is 0.409. The van der Waals surface area contributed by atoms with Gasteiger partial charge in [-0.1, -0.05) is 23.7 Å². The van der Waals surface area contributed by atoms with Crippen LogP contribution in [-0.2, 0) is 11.3 Å². The van der Waals surface area contributed by atoms with Gasteiger partial charge in [0.15, 0.2) is 5.65 Å². The zero-order valence-electron chi connectivity index (χ0n) is 17.7. The molecule has 32 heavy (non-hydrogen) atoms. The van der Waals surface area contributed by atoms with Crippen LogP contribution in [0.15, 0.2) is 30.3 Å². The fourth-order valence-corrected chi connectivity index (χ4v) is 4.68. The number of ether oxygens (including phenoxy) is 2. The molecule has 5 rings (SSSR count). The number of aromatic nitrogens is 3. The molecule has 1 saturated heterocycles.